The van der Waals surface area contributed by atoms with Crippen molar-refractivity contribution in [2.75, 3.05) is 0 Å². The molecule has 0 spiro atoms. The second kappa shape index (κ2) is 3.99. The van der Waals surface area contributed by atoms with Crippen molar-refractivity contribution in [1.29, 1.82) is 0 Å². The number of rotatable bonds is 1. The van der Waals surface area contributed by atoms with Crippen LogP contribution in [-0.2, 0) is 0 Å². The first-order chi connectivity index (χ1) is 7.18. The SMILES string of the molecule is Cc1nccc(Cl)c1-c1cccc(F)c1. The molecule has 0 aliphatic rings. The molecular formula is C12H9ClFN. The minimum atomic E-state index is -0.271. The third-order valence-electron chi connectivity index (χ3n) is 2.20. The molecule has 15 heavy (non-hydrogen) atoms. The summed E-state index contributed by atoms with van der Waals surface area (Å²) in [4.78, 5) is 4.14. The van der Waals surface area contributed by atoms with E-state index < -0.39 is 0 Å². The van der Waals surface area contributed by atoms with E-state index in [4.69, 9.17) is 11.6 Å². The van der Waals surface area contributed by atoms with Gasteiger partial charge in [-0.25, -0.2) is 4.39 Å². The van der Waals surface area contributed by atoms with Gasteiger partial charge in [-0.15, -0.1) is 0 Å². The van der Waals surface area contributed by atoms with Crippen molar-refractivity contribution >= 4 is 11.6 Å². The number of nitrogens with zero attached hydrogens (tertiary/aromatic N) is 1. The molecule has 0 radical (unpaired) electrons. The van der Waals surface area contributed by atoms with Gasteiger partial charge in [0.1, 0.15) is 5.82 Å². The van der Waals surface area contributed by atoms with E-state index in [9.17, 15) is 4.39 Å². The van der Waals surface area contributed by atoms with Crippen LogP contribution in [0.3, 0.4) is 0 Å². The van der Waals surface area contributed by atoms with E-state index in [-0.39, 0.29) is 5.82 Å². The lowest BCUT2D eigenvalue weighted by Crippen LogP contribution is -1.89. The van der Waals surface area contributed by atoms with Crippen molar-refractivity contribution < 1.29 is 4.39 Å². The van der Waals surface area contributed by atoms with E-state index in [1.807, 2.05) is 13.0 Å². The first kappa shape index (κ1) is 10.1. The van der Waals surface area contributed by atoms with Gasteiger partial charge >= 0.3 is 0 Å². The van der Waals surface area contributed by atoms with E-state index in [1.165, 1.54) is 12.1 Å². The Morgan fingerprint density at radius 1 is 1.27 bits per heavy atom. The molecule has 0 saturated heterocycles. The van der Waals surface area contributed by atoms with Gasteiger partial charge in [-0.1, -0.05) is 23.7 Å². The smallest absolute Gasteiger partial charge is 0.123 e. The fourth-order valence-corrected chi connectivity index (χ4v) is 1.83. The van der Waals surface area contributed by atoms with Crippen LogP contribution in [0.2, 0.25) is 5.02 Å². The van der Waals surface area contributed by atoms with Crippen molar-refractivity contribution in [3.8, 4) is 11.1 Å². The van der Waals surface area contributed by atoms with Crippen LogP contribution in [0, 0.1) is 12.7 Å². The molecule has 3 heteroatoms. The topological polar surface area (TPSA) is 12.9 Å². The maximum absolute atomic E-state index is 13.1. The molecule has 0 aliphatic carbocycles. The molecule has 1 nitrogen and oxygen atoms in total. The van der Waals surface area contributed by atoms with E-state index >= 15 is 0 Å². The van der Waals surface area contributed by atoms with Gasteiger partial charge in [-0.05, 0) is 30.7 Å². The number of pyridine rings is 1. The van der Waals surface area contributed by atoms with Crippen LogP contribution in [0.5, 0.6) is 0 Å². The average molecular weight is 222 g/mol. The Morgan fingerprint density at radius 2 is 2.07 bits per heavy atom. The Kier molecular flexibility index (Phi) is 2.69. The molecule has 1 aromatic heterocycles. The lowest BCUT2D eigenvalue weighted by molar-refractivity contribution is 0.628. The zero-order chi connectivity index (χ0) is 10.8. The van der Waals surface area contributed by atoms with Crippen LogP contribution in [-0.4, -0.2) is 4.98 Å². The molecule has 2 rings (SSSR count). The Hall–Kier alpha value is -1.41. The van der Waals surface area contributed by atoms with E-state index in [0.29, 0.717) is 5.02 Å². The minimum Gasteiger partial charge on any atom is -0.261 e. The van der Waals surface area contributed by atoms with E-state index in [2.05, 4.69) is 4.98 Å². The first-order valence-electron chi connectivity index (χ1n) is 4.55. The summed E-state index contributed by atoms with van der Waals surface area (Å²) in [7, 11) is 0. The van der Waals surface area contributed by atoms with Crippen LogP contribution >= 0.6 is 11.6 Å². The van der Waals surface area contributed by atoms with Gasteiger partial charge in [0.15, 0.2) is 0 Å². The fraction of sp³-hybridized carbons (Fsp3) is 0.0833. The summed E-state index contributed by atoms with van der Waals surface area (Å²) in [5.74, 6) is -0.271. The normalized spacial score (nSPS) is 10.3. The molecule has 76 valence electrons. The molecule has 0 amide bonds. The van der Waals surface area contributed by atoms with Crippen LogP contribution in [0.1, 0.15) is 5.69 Å². The van der Waals surface area contributed by atoms with Crippen molar-refractivity contribution in [2.24, 2.45) is 0 Å². The lowest BCUT2D eigenvalue weighted by Gasteiger charge is -2.07. The zero-order valence-electron chi connectivity index (χ0n) is 8.17. The number of hydrogen-bond donors (Lipinski definition) is 0. The second-order valence-electron chi connectivity index (χ2n) is 3.26. The van der Waals surface area contributed by atoms with Gasteiger partial charge in [0, 0.05) is 17.5 Å². The quantitative estimate of drug-likeness (QED) is 0.713. The number of hydrogen-bond acceptors (Lipinski definition) is 1. The Bertz CT molecular complexity index is 476. The average Bonchev–Trinajstić information content (AvgIpc) is 2.17. The van der Waals surface area contributed by atoms with E-state index in [0.717, 1.165) is 16.8 Å². The molecule has 1 heterocycles. The maximum Gasteiger partial charge on any atom is 0.123 e. The maximum atomic E-state index is 13.1. The highest BCUT2D eigenvalue weighted by molar-refractivity contribution is 6.33. The van der Waals surface area contributed by atoms with Crippen LogP contribution in [0.4, 0.5) is 4.39 Å². The highest BCUT2D eigenvalue weighted by atomic mass is 35.5. The van der Waals surface area contributed by atoms with Gasteiger partial charge in [-0.3, -0.25) is 4.98 Å². The van der Waals surface area contributed by atoms with Gasteiger partial charge in [-0.2, -0.15) is 0 Å². The van der Waals surface area contributed by atoms with Crippen LogP contribution in [0.15, 0.2) is 36.5 Å². The molecule has 0 unspecified atom stereocenters. The van der Waals surface area contributed by atoms with Gasteiger partial charge in [0.25, 0.3) is 0 Å². The molecule has 0 atom stereocenters. The summed E-state index contributed by atoms with van der Waals surface area (Å²) in [5, 5.41) is 0.591. The number of benzene rings is 1. The fourth-order valence-electron chi connectivity index (χ4n) is 1.53. The van der Waals surface area contributed by atoms with E-state index in [1.54, 1.807) is 18.3 Å². The Balaban J connectivity index is 2.63. The van der Waals surface area contributed by atoms with Crippen molar-refractivity contribution in [3.63, 3.8) is 0 Å². The zero-order valence-corrected chi connectivity index (χ0v) is 8.92. The monoisotopic (exact) mass is 221 g/mol. The third kappa shape index (κ3) is 2.00. The molecule has 0 saturated carbocycles. The molecule has 0 N–H and O–H groups in total. The summed E-state index contributed by atoms with van der Waals surface area (Å²) >= 11 is 6.05. The Morgan fingerprint density at radius 3 is 2.73 bits per heavy atom. The standard InChI is InChI=1S/C12H9ClFN/c1-8-12(11(13)5-6-15-8)9-3-2-4-10(14)7-9/h2-7H,1H3. The highest BCUT2D eigenvalue weighted by Gasteiger charge is 2.07. The van der Waals surface area contributed by atoms with Gasteiger partial charge in [0.05, 0.1) is 5.02 Å². The summed E-state index contributed by atoms with van der Waals surface area (Å²) in [6, 6.07) is 8.04. The number of halogens is 2. The van der Waals surface area contributed by atoms with Crippen LogP contribution < -0.4 is 0 Å². The Labute approximate surface area is 92.5 Å². The van der Waals surface area contributed by atoms with Crippen LogP contribution in [0.25, 0.3) is 11.1 Å². The molecule has 0 aliphatic heterocycles. The molecular weight excluding hydrogens is 213 g/mol. The first-order valence-corrected chi connectivity index (χ1v) is 4.93. The molecule has 2 aromatic rings. The van der Waals surface area contributed by atoms with Gasteiger partial charge < -0.3 is 0 Å². The predicted octanol–water partition coefficient (Wildman–Crippen LogP) is 3.85. The van der Waals surface area contributed by atoms with Crippen molar-refractivity contribution in [3.05, 3.63) is 53.1 Å². The molecule has 0 bridgehead atoms. The lowest BCUT2D eigenvalue weighted by atomic mass is 10.0. The second-order valence-corrected chi connectivity index (χ2v) is 3.67. The largest absolute Gasteiger partial charge is 0.261 e. The molecule has 1 aromatic carbocycles. The summed E-state index contributed by atoms with van der Waals surface area (Å²) in [6.07, 6.45) is 1.64. The summed E-state index contributed by atoms with van der Waals surface area (Å²) in [5.41, 5.74) is 2.34. The summed E-state index contributed by atoms with van der Waals surface area (Å²) in [6.45, 7) is 1.85. The predicted molar refractivity (Wildman–Crippen MR) is 59.4 cm³/mol. The molecule has 0 fully saturated rings. The van der Waals surface area contributed by atoms with Crippen molar-refractivity contribution in [2.45, 2.75) is 6.92 Å². The minimum absolute atomic E-state index is 0.271. The summed E-state index contributed by atoms with van der Waals surface area (Å²) < 4.78 is 13.1. The number of aryl methyl sites for hydroxylation is 1. The third-order valence-corrected chi connectivity index (χ3v) is 2.52. The van der Waals surface area contributed by atoms with Crippen molar-refractivity contribution in [1.82, 2.24) is 4.98 Å². The highest BCUT2D eigenvalue weighted by Crippen LogP contribution is 2.29. The number of aromatic nitrogens is 1. The van der Waals surface area contributed by atoms with Gasteiger partial charge in [0.2, 0.25) is 0 Å².